The standard InChI is InChI=1S/C23H23N3O4S/c1-26-23(24-16-9-3-2-4-10-16)31-20(25-26)17-11-6-12-18(22(29)30)19(17)14-7-5-8-15(13-14)21(27)28/h5-8,11-13,16H,2-4,9-10H2,1H3,(H,27,28)(H,29,30). The molecule has 2 aromatic carbocycles. The summed E-state index contributed by atoms with van der Waals surface area (Å²) < 4.78 is 1.74. The molecule has 0 atom stereocenters. The van der Waals surface area contributed by atoms with E-state index in [9.17, 15) is 19.8 Å². The van der Waals surface area contributed by atoms with Gasteiger partial charge in [0.2, 0.25) is 4.80 Å². The zero-order valence-electron chi connectivity index (χ0n) is 17.1. The van der Waals surface area contributed by atoms with Crippen LogP contribution in [0.3, 0.4) is 0 Å². The molecule has 1 fully saturated rings. The molecule has 1 aliphatic carbocycles. The lowest BCUT2D eigenvalue weighted by Crippen LogP contribution is -2.18. The summed E-state index contributed by atoms with van der Waals surface area (Å²) in [4.78, 5) is 29.1. The number of carbonyl (C=O) groups is 2. The highest BCUT2D eigenvalue weighted by Gasteiger charge is 2.20. The van der Waals surface area contributed by atoms with Crippen LogP contribution in [0.25, 0.3) is 21.7 Å². The Morgan fingerprint density at radius 2 is 1.81 bits per heavy atom. The molecule has 0 aliphatic heterocycles. The second-order valence-corrected chi connectivity index (χ2v) is 8.61. The van der Waals surface area contributed by atoms with Crippen LogP contribution in [-0.2, 0) is 7.05 Å². The highest BCUT2D eigenvalue weighted by molar-refractivity contribution is 7.12. The predicted octanol–water partition coefficient (Wildman–Crippen LogP) is 4.45. The number of benzene rings is 2. The quantitative estimate of drug-likeness (QED) is 0.614. The summed E-state index contributed by atoms with van der Waals surface area (Å²) in [7, 11) is 1.84. The van der Waals surface area contributed by atoms with Crippen molar-refractivity contribution in [2.75, 3.05) is 0 Å². The number of aromatic nitrogens is 2. The van der Waals surface area contributed by atoms with Crippen LogP contribution in [0, 0.1) is 0 Å². The number of hydrogen-bond donors (Lipinski definition) is 2. The van der Waals surface area contributed by atoms with E-state index in [0.717, 1.165) is 17.6 Å². The Hall–Kier alpha value is -3.26. The van der Waals surface area contributed by atoms with Gasteiger partial charge in [-0.15, -0.1) is 0 Å². The normalized spacial score (nSPS) is 15.2. The van der Waals surface area contributed by atoms with Gasteiger partial charge in [0.1, 0.15) is 5.01 Å². The molecule has 2 N–H and O–H groups in total. The van der Waals surface area contributed by atoms with E-state index in [1.165, 1.54) is 48.8 Å². The molecule has 0 saturated heterocycles. The van der Waals surface area contributed by atoms with Gasteiger partial charge in [-0.25, -0.2) is 14.3 Å². The summed E-state index contributed by atoms with van der Waals surface area (Å²) >= 11 is 1.42. The summed E-state index contributed by atoms with van der Waals surface area (Å²) in [6, 6.07) is 11.6. The molecule has 1 saturated carbocycles. The number of carboxylic acids is 2. The first-order valence-corrected chi connectivity index (χ1v) is 11.0. The summed E-state index contributed by atoms with van der Waals surface area (Å²) in [5.74, 6) is -2.14. The fourth-order valence-electron chi connectivity index (χ4n) is 3.96. The van der Waals surface area contributed by atoms with E-state index in [0.29, 0.717) is 27.7 Å². The Balaban J connectivity index is 1.87. The van der Waals surface area contributed by atoms with Crippen LogP contribution in [0.5, 0.6) is 0 Å². The molecular weight excluding hydrogens is 414 g/mol. The van der Waals surface area contributed by atoms with Crippen LogP contribution in [0.4, 0.5) is 0 Å². The van der Waals surface area contributed by atoms with Crippen molar-refractivity contribution in [2.45, 2.75) is 38.1 Å². The molecule has 0 unspecified atom stereocenters. The van der Waals surface area contributed by atoms with Gasteiger partial charge in [-0.1, -0.05) is 54.9 Å². The number of aryl methyl sites for hydroxylation is 1. The smallest absolute Gasteiger partial charge is 0.336 e. The molecule has 0 radical (unpaired) electrons. The summed E-state index contributed by atoms with van der Waals surface area (Å²) in [5, 5.41) is 24.4. The molecule has 7 nitrogen and oxygen atoms in total. The number of carboxylic acid groups (broad SMARTS) is 2. The Kier molecular flexibility index (Phi) is 5.99. The maximum atomic E-state index is 12.0. The van der Waals surface area contributed by atoms with Crippen LogP contribution in [0.1, 0.15) is 52.8 Å². The van der Waals surface area contributed by atoms with Gasteiger partial charge < -0.3 is 10.2 Å². The zero-order valence-corrected chi connectivity index (χ0v) is 17.9. The number of nitrogens with zero attached hydrogens (tertiary/aromatic N) is 3. The van der Waals surface area contributed by atoms with E-state index in [2.05, 4.69) is 5.10 Å². The van der Waals surface area contributed by atoms with Crippen LogP contribution < -0.4 is 4.80 Å². The van der Waals surface area contributed by atoms with Crippen molar-refractivity contribution in [1.82, 2.24) is 9.78 Å². The van der Waals surface area contributed by atoms with E-state index < -0.39 is 11.9 Å². The van der Waals surface area contributed by atoms with E-state index >= 15 is 0 Å². The third-order valence-electron chi connectivity index (χ3n) is 5.50. The first-order chi connectivity index (χ1) is 14.9. The monoisotopic (exact) mass is 437 g/mol. The van der Waals surface area contributed by atoms with Crippen LogP contribution in [-0.4, -0.2) is 38.0 Å². The predicted molar refractivity (Wildman–Crippen MR) is 118 cm³/mol. The van der Waals surface area contributed by atoms with E-state index in [1.807, 2.05) is 13.1 Å². The van der Waals surface area contributed by atoms with Crippen molar-refractivity contribution in [1.29, 1.82) is 0 Å². The first kappa shape index (κ1) is 21.0. The lowest BCUT2D eigenvalue weighted by Gasteiger charge is -2.16. The molecule has 0 bridgehead atoms. The van der Waals surface area contributed by atoms with Crippen LogP contribution in [0.2, 0.25) is 0 Å². The van der Waals surface area contributed by atoms with Crippen LogP contribution >= 0.6 is 11.3 Å². The third-order valence-corrected chi connectivity index (χ3v) is 6.54. The molecule has 31 heavy (non-hydrogen) atoms. The SMILES string of the molecule is Cn1nc(-c2cccc(C(=O)O)c2-c2cccc(C(=O)O)c2)sc1=NC1CCCCC1. The minimum atomic E-state index is -1.08. The van der Waals surface area contributed by atoms with Crippen molar-refractivity contribution in [2.24, 2.45) is 12.0 Å². The number of rotatable bonds is 5. The maximum absolute atomic E-state index is 12.0. The largest absolute Gasteiger partial charge is 0.478 e. The molecular formula is C23H23N3O4S. The Morgan fingerprint density at radius 1 is 1.06 bits per heavy atom. The Bertz CT molecular complexity index is 1210. The van der Waals surface area contributed by atoms with Crippen LogP contribution in [0.15, 0.2) is 47.5 Å². The van der Waals surface area contributed by atoms with Gasteiger partial charge in [0.25, 0.3) is 0 Å². The minimum Gasteiger partial charge on any atom is -0.478 e. The molecule has 0 amide bonds. The van der Waals surface area contributed by atoms with E-state index in [1.54, 1.807) is 22.9 Å². The first-order valence-electron chi connectivity index (χ1n) is 10.2. The lowest BCUT2D eigenvalue weighted by atomic mass is 9.93. The molecule has 8 heteroatoms. The van der Waals surface area contributed by atoms with Gasteiger partial charge in [-0.2, -0.15) is 5.10 Å². The lowest BCUT2D eigenvalue weighted by molar-refractivity contribution is 0.0687. The Morgan fingerprint density at radius 3 is 2.52 bits per heavy atom. The fourth-order valence-corrected chi connectivity index (χ4v) is 4.96. The second-order valence-electron chi connectivity index (χ2n) is 7.65. The van der Waals surface area contributed by atoms with Gasteiger partial charge in [-0.3, -0.25) is 4.99 Å². The zero-order chi connectivity index (χ0) is 22.0. The van der Waals surface area contributed by atoms with Crippen molar-refractivity contribution in [3.05, 3.63) is 58.4 Å². The molecule has 3 aromatic rings. The molecule has 1 heterocycles. The van der Waals surface area contributed by atoms with Crippen molar-refractivity contribution >= 4 is 23.3 Å². The van der Waals surface area contributed by atoms with Crippen molar-refractivity contribution in [3.63, 3.8) is 0 Å². The number of hydrogen-bond acceptors (Lipinski definition) is 5. The van der Waals surface area contributed by atoms with Gasteiger partial charge >= 0.3 is 11.9 Å². The molecule has 1 aromatic heterocycles. The molecule has 4 rings (SSSR count). The van der Waals surface area contributed by atoms with Crippen molar-refractivity contribution < 1.29 is 19.8 Å². The number of aromatic carboxylic acids is 2. The second kappa shape index (κ2) is 8.85. The topological polar surface area (TPSA) is 105 Å². The van der Waals surface area contributed by atoms with Gasteiger partial charge in [0.15, 0.2) is 0 Å². The highest BCUT2D eigenvalue weighted by atomic mass is 32.1. The molecule has 1 aliphatic rings. The maximum Gasteiger partial charge on any atom is 0.336 e. The Labute approximate surface area is 183 Å². The fraction of sp³-hybridized carbons (Fsp3) is 0.304. The minimum absolute atomic E-state index is 0.0984. The average molecular weight is 438 g/mol. The summed E-state index contributed by atoms with van der Waals surface area (Å²) in [5.41, 5.74) is 1.83. The van der Waals surface area contributed by atoms with Gasteiger partial charge in [0, 0.05) is 18.2 Å². The van der Waals surface area contributed by atoms with Gasteiger partial charge in [0.05, 0.1) is 17.2 Å². The third kappa shape index (κ3) is 4.44. The highest BCUT2D eigenvalue weighted by Crippen LogP contribution is 2.36. The molecule has 160 valence electrons. The van der Waals surface area contributed by atoms with Crippen molar-refractivity contribution in [3.8, 4) is 21.7 Å². The average Bonchev–Trinajstić information content (AvgIpc) is 3.14. The summed E-state index contributed by atoms with van der Waals surface area (Å²) in [6.07, 6.45) is 5.79. The van der Waals surface area contributed by atoms with Gasteiger partial charge in [-0.05, 0) is 36.6 Å². The van der Waals surface area contributed by atoms with E-state index in [-0.39, 0.29) is 11.1 Å². The summed E-state index contributed by atoms with van der Waals surface area (Å²) in [6.45, 7) is 0. The molecule has 0 spiro atoms. The van der Waals surface area contributed by atoms with E-state index in [4.69, 9.17) is 4.99 Å².